The van der Waals surface area contributed by atoms with Crippen LogP contribution in [0.5, 0.6) is 0 Å². The molecule has 3 unspecified atom stereocenters. The summed E-state index contributed by atoms with van der Waals surface area (Å²) >= 11 is 1.70. The number of fused-ring (bicyclic) bond motifs is 2. The van der Waals surface area contributed by atoms with Gasteiger partial charge in [0.2, 0.25) is 0 Å². The Morgan fingerprint density at radius 2 is 2.56 bits per heavy atom. The van der Waals surface area contributed by atoms with Crippen molar-refractivity contribution in [3.8, 4) is 6.07 Å². The number of nitrogens with zero attached hydrogens (tertiary/aromatic N) is 2. The second-order valence-electron chi connectivity index (χ2n) is 4.82. The zero-order valence-electron chi connectivity index (χ0n) is 9.27. The van der Waals surface area contributed by atoms with Gasteiger partial charge in [0.1, 0.15) is 0 Å². The number of nitriles is 1. The molecule has 0 spiro atoms. The van der Waals surface area contributed by atoms with Crippen molar-refractivity contribution in [1.29, 1.82) is 5.26 Å². The molecule has 0 saturated carbocycles. The van der Waals surface area contributed by atoms with Crippen molar-refractivity contribution in [2.24, 2.45) is 5.41 Å². The lowest BCUT2D eigenvalue weighted by Gasteiger charge is -2.27. The van der Waals surface area contributed by atoms with Gasteiger partial charge in [-0.2, -0.15) is 5.26 Å². The third kappa shape index (κ3) is 1.47. The van der Waals surface area contributed by atoms with Crippen LogP contribution in [0.4, 0.5) is 0 Å². The number of hydrogen-bond donors (Lipinski definition) is 0. The van der Waals surface area contributed by atoms with E-state index in [1.807, 2.05) is 13.1 Å². The molecular weight excluding hydrogens is 220 g/mol. The lowest BCUT2D eigenvalue weighted by atomic mass is 9.72. The fourth-order valence-corrected chi connectivity index (χ4v) is 3.86. The van der Waals surface area contributed by atoms with Gasteiger partial charge in [-0.3, -0.25) is 0 Å². The molecule has 2 saturated heterocycles. The predicted molar refractivity (Wildman–Crippen MR) is 61.1 cm³/mol. The normalized spacial score (nSPS) is 36.5. The Labute approximate surface area is 99.1 Å². The summed E-state index contributed by atoms with van der Waals surface area (Å²) in [5.41, 5.74) is -0.276. The van der Waals surface area contributed by atoms with E-state index in [-0.39, 0.29) is 11.5 Å². The number of rotatable bonds is 2. The highest BCUT2D eigenvalue weighted by molar-refractivity contribution is 7.11. The van der Waals surface area contributed by atoms with E-state index < -0.39 is 0 Å². The Balaban J connectivity index is 1.85. The van der Waals surface area contributed by atoms with Crippen molar-refractivity contribution < 1.29 is 4.74 Å². The van der Waals surface area contributed by atoms with E-state index >= 15 is 0 Å². The van der Waals surface area contributed by atoms with E-state index in [1.165, 1.54) is 4.88 Å². The van der Waals surface area contributed by atoms with Crippen LogP contribution in [-0.2, 0) is 11.2 Å². The van der Waals surface area contributed by atoms with Crippen LogP contribution >= 0.6 is 11.3 Å². The average molecular weight is 234 g/mol. The first-order valence-corrected chi connectivity index (χ1v) is 6.51. The summed E-state index contributed by atoms with van der Waals surface area (Å²) in [6, 6.07) is 2.52. The van der Waals surface area contributed by atoms with Crippen molar-refractivity contribution >= 4 is 11.3 Å². The summed E-state index contributed by atoms with van der Waals surface area (Å²) in [4.78, 5) is 5.47. The van der Waals surface area contributed by atoms with Crippen LogP contribution in [0.3, 0.4) is 0 Å². The van der Waals surface area contributed by atoms with Crippen molar-refractivity contribution in [2.45, 2.75) is 44.8 Å². The van der Waals surface area contributed by atoms with E-state index in [9.17, 15) is 5.26 Å². The van der Waals surface area contributed by atoms with Gasteiger partial charge < -0.3 is 4.74 Å². The van der Waals surface area contributed by atoms with Gasteiger partial charge in [-0.25, -0.2) is 4.98 Å². The van der Waals surface area contributed by atoms with Gasteiger partial charge in [0, 0.05) is 17.5 Å². The minimum absolute atomic E-state index is 0.157. The molecular formula is C12H14N2OS. The summed E-state index contributed by atoms with van der Waals surface area (Å²) < 4.78 is 5.82. The Bertz CT molecular complexity index is 450. The molecule has 0 radical (unpaired) electrons. The van der Waals surface area contributed by atoms with E-state index in [1.54, 1.807) is 11.3 Å². The predicted octanol–water partition coefficient (Wildman–Crippen LogP) is 2.46. The lowest BCUT2D eigenvalue weighted by Crippen LogP contribution is -2.32. The highest BCUT2D eigenvalue weighted by Gasteiger charge is 2.53. The van der Waals surface area contributed by atoms with Crippen LogP contribution in [0.15, 0.2) is 6.20 Å². The van der Waals surface area contributed by atoms with Crippen LogP contribution in [0.1, 0.15) is 29.1 Å². The van der Waals surface area contributed by atoms with E-state index in [4.69, 9.17) is 4.74 Å². The Morgan fingerprint density at radius 3 is 3.06 bits per heavy atom. The molecule has 0 aliphatic carbocycles. The third-order valence-electron chi connectivity index (χ3n) is 3.70. The maximum absolute atomic E-state index is 9.46. The number of thiazole rings is 1. The van der Waals surface area contributed by atoms with Gasteiger partial charge >= 0.3 is 0 Å². The van der Waals surface area contributed by atoms with Gasteiger partial charge in [0.25, 0.3) is 0 Å². The second-order valence-corrected chi connectivity index (χ2v) is 6.14. The summed E-state index contributed by atoms with van der Waals surface area (Å²) in [6.07, 6.45) is 6.31. The highest BCUT2D eigenvalue weighted by Crippen LogP contribution is 2.49. The third-order valence-corrected chi connectivity index (χ3v) is 4.61. The molecule has 3 rings (SSSR count). The Kier molecular flexibility index (Phi) is 2.27. The molecule has 4 heteroatoms. The monoisotopic (exact) mass is 234 g/mol. The quantitative estimate of drug-likeness (QED) is 0.789. The standard InChI is InChI=1S/C12H14N2OS/c1-8-14-6-10(16-8)5-12(7-13)4-9-2-3-11(12)15-9/h6,9,11H,2-5H2,1H3. The maximum atomic E-state index is 9.46. The lowest BCUT2D eigenvalue weighted by molar-refractivity contribution is 0.0789. The molecule has 0 aromatic carbocycles. The average Bonchev–Trinajstić information content (AvgIpc) is 2.94. The van der Waals surface area contributed by atoms with Gasteiger partial charge in [-0.15, -0.1) is 11.3 Å². The molecule has 3 nitrogen and oxygen atoms in total. The molecule has 0 amide bonds. The molecule has 3 atom stereocenters. The van der Waals surface area contributed by atoms with Gasteiger partial charge in [-0.1, -0.05) is 0 Å². The smallest absolute Gasteiger partial charge is 0.0908 e. The van der Waals surface area contributed by atoms with Crippen LogP contribution < -0.4 is 0 Å². The largest absolute Gasteiger partial charge is 0.373 e. The van der Waals surface area contributed by atoms with E-state index in [2.05, 4.69) is 11.1 Å². The number of ether oxygens (including phenoxy) is 1. The Morgan fingerprint density at radius 1 is 1.69 bits per heavy atom. The highest BCUT2D eigenvalue weighted by atomic mass is 32.1. The van der Waals surface area contributed by atoms with Crippen molar-refractivity contribution in [2.75, 3.05) is 0 Å². The summed E-state index contributed by atoms with van der Waals surface area (Å²) in [5, 5.41) is 10.5. The molecule has 1 aromatic heterocycles. The van der Waals surface area contributed by atoms with Crippen molar-refractivity contribution in [1.82, 2.24) is 4.98 Å². The van der Waals surface area contributed by atoms with Gasteiger partial charge in [0.05, 0.1) is 28.7 Å². The molecule has 3 heterocycles. The summed E-state index contributed by atoms with van der Waals surface area (Å²) in [7, 11) is 0. The first-order chi connectivity index (χ1) is 7.72. The molecule has 2 fully saturated rings. The first kappa shape index (κ1) is 10.2. The van der Waals surface area contributed by atoms with E-state index in [0.717, 1.165) is 30.7 Å². The molecule has 1 aromatic rings. The van der Waals surface area contributed by atoms with Gasteiger partial charge in [-0.05, 0) is 26.2 Å². The van der Waals surface area contributed by atoms with Crippen LogP contribution in [-0.4, -0.2) is 17.2 Å². The molecule has 2 aliphatic heterocycles. The number of hydrogen-bond acceptors (Lipinski definition) is 4. The summed E-state index contributed by atoms with van der Waals surface area (Å²) in [6.45, 7) is 2.00. The second kappa shape index (κ2) is 3.54. The van der Waals surface area contributed by atoms with Crippen LogP contribution in [0.25, 0.3) is 0 Å². The number of aryl methyl sites for hydroxylation is 1. The Hall–Kier alpha value is -0.920. The zero-order chi connectivity index (χ0) is 11.2. The first-order valence-electron chi connectivity index (χ1n) is 5.70. The zero-order valence-corrected chi connectivity index (χ0v) is 10.1. The van der Waals surface area contributed by atoms with Crippen LogP contribution in [0, 0.1) is 23.7 Å². The minimum Gasteiger partial charge on any atom is -0.373 e. The van der Waals surface area contributed by atoms with Crippen LogP contribution in [0.2, 0.25) is 0 Å². The molecule has 0 N–H and O–H groups in total. The topological polar surface area (TPSA) is 45.9 Å². The molecule has 2 aliphatic rings. The SMILES string of the molecule is Cc1ncc(CC2(C#N)CC3CCC2O3)s1. The fraction of sp³-hybridized carbons (Fsp3) is 0.667. The molecule has 2 bridgehead atoms. The van der Waals surface area contributed by atoms with Crippen molar-refractivity contribution in [3.63, 3.8) is 0 Å². The van der Waals surface area contributed by atoms with E-state index in [0.29, 0.717) is 6.10 Å². The number of aromatic nitrogens is 1. The molecule has 84 valence electrons. The maximum Gasteiger partial charge on any atom is 0.0908 e. The van der Waals surface area contributed by atoms with Crippen molar-refractivity contribution in [3.05, 3.63) is 16.1 Å². The van der Waals surface area contributed by atoms with Gasteiger partial charge in [0.15, 0.2) is 0 Å². The minimum atomic E-state index is -0.276. The fourth-order valence-electron chi connectivity index (χ4n) is 2.94. The summed E-state index contributed by atoms with van der Waals surface area (Å²) in [5.74, 6) is 0. The molecule has 16 heavy (non-hydrogen) atoms.